The summed E-state index contributed by atoms with van der Waals surface area (Å²) in [5.41, 5.74) is 6.03. The summed E-state index contributed by atoms with van der Waals surface area (Å²) in [6.45, 7) is 0. The molecule has 0 spiro atoms. The number of rotatable bonds is 3. The van der Waals surface area contributed by atoms with Crippen LogP contribution in [0.4, 0.5) is 5.69 Å². The monoisotopic (exact) mass is 382 g/mol. The van der Waals surface area contributed by atoms with Crippen molar-refractivity contribution in [2.24, 2.45) is 0 Å². The summed E-state index contributed by atoms with van der Waals surface area (Å²) >= 11 is 3.17. The normalized spacial score (nSPS) is 19.9. The van der Waals surface area contributed by atoms with Crippen LogP contribution in [-0.2, 0) is 19.9 Å². The first kappa shape index (κ1) is 15.7. The second kappa shape index (κ2) is 5.63. The fourth-order valence-corrected chi connectivity index (χ4v) is 5.92. The van der Waals surface area contributed by atoms with Crippen LogP contribution in [-0.4, -0.2) is 34.4 Å². The molecule has 112 valence electrons. The van der Waals surface area contributed by atoms with Gasteiger partial charge in [-0.3, -0.25) is 0 Å². The van der Waals surface area contributed by atoms with Crippen LogP contribution in [0.3, 0.4) is 0 Å². The second-order valence-corrected chi connectivity index (χ2v) is 9.58. The number of halogens is 1. The maximum Gasteiger partial charge on any atom is 0.241 e. The summed E-state index contributed by atoms with van der Waals surface area (Å²) in [5.74, 6) is 0.0339. The molecule has 3 N–H and O–H groups in total. The number of nitrogens with one attached hydrogen (secondary N) is 1. The number of sulfonamides is 1. The molecule has 0 radical (unpaired) electrons. The van der Waals surface area contributed by atoms with E-state index in [9.17, 15) is 16.8 Å². The van der Waals surface area contributed by atoms with E-state index < -0.39 is 19.9 Å². The van der Waals surface area contributed by atoms with Gasteiger partial charge in [0.2, 0.25) is 10.0 Å². The lowest BCUT2D eigenvalue weighted by atomic mass is 10.2. The zero-order valence-corrected chi connectivity index (χ0v) is 13.8. The van der Waals surface area contributed by atoms with Gasteiger partial charge in [-0.25, -0.2) is 21.6 Å². The van der Waals surface area contributed by atoms with Crippen LogP contribution in [0.25, 0.3) is 0 Å². The van der Waals surface area contributed by atoms with E-state index in [1.165, 1.54) is 18.2 Å². The molecule has 0 amide bonds. The first-order valence-corrected chi connectivity index (χ1v) is 10.1. The molecule has 1 aromatic rings. The molecule has 20 heavy (non-hydrogen) atoms. The highest BCUT2D eigenvalue weighted by Crippen LogP contribution is 2.25. The Labute approximate surface area is 126 Å². The van der Waals surface area contributed by atoms with Gasteiger partial charge in [0.15, 0.2) is 0 Å². The van der Waals surface area contributed by atoms with E-state index in [1.54, 1.807) is 0 Å². The third-order valence-electron chi connectivity index (χ3n) is 3.12. The van der Waals surface area contributed by atoms with Crippen molar-refractivity contribution in [2.45, 2.75) is 23.8 Å². The van der Waals surface area contributed by atoms with E-state index in [2.05, 4.69) is 20.7 Å². The van der Waals surface area contributed by atoms with Gasteiger partial charge >= 0.3 is 0 Å². The summed E-state index contributed by atoms with van der Waals surface area (Å²) < 4.78 is 50.1. The van der Waals surface area contributed by atoms with Crippen molar-refractivity contribution in [2.75, 3.05) is 17.2 Å². The number of nitrogen functional groups attached to an aromatic ring is 1. The molecule has 6 nitrogen and oxygen atoms in total. The number of nitrogens with two attached hydrogens (primary N) is 1. The fourth-order valence-electron chi connectivity index (χ4n) is 2.03. The van der Waals surface area contributed by atoms with Gasteiger partial charge in [0, 0.05) is 16.2 Å². The lowest BCUT2D eigenvalue weighted by Crippen LogP contribution is -2.40. The van der Waals surface area contributed by atoms with Crippen LogP contribution >= 0.6 is 15.9 Å². The molecule has 0 atom stereocenters. The summed E-state index contributed by atoms with van der Waals surface area (Å²) in [5, 5.41) is 0. The molecule has 1 aromatic carbocycles. The van der Waals surface area contributed by atoms with E-state index in [0.29, 0.717) is 23.0 Å². The highest BCUT2D eigenvalue weighted by atomic mass is 79.9. The molecule has 0 unspecified atom stereocenters. The van der Waals surface area contributed by atoms with Crippen LogP contribution in [0, 0.1) is 0 Å². The third-order valence-corrected chi connectivity index (χ3v) is 7.33. The predicted octanol–water partition coefficient (Wildman–Crippen LogP) is 0.887. The zero-order chi connectivity index (χ0) is 15.0. The van der Waals surface area contributed by atoms with Gasteiger partial charge in [0.1, 0.15) is 9.84 Å². The summed E-state index contributed by atoms with van der Waals surface area (Å²) in [6.07, 6.45) is 0.600. The maximum absolute atomic E-state index is 12.3. The minimum atomic E-state index is -3.69. The fraction of sp³-hybridized carbons (Fsp3) is 0.455. The Balaban J connectivity index is 2.16. The zero-order valence-electron chi connectivity index (χ0n) is 10.5. The molecule has 0 aromatic heterocycles. The van der Waals surface area contributed by atoms with Gasteiger partial charge in [-0.2, -0.15) is 0 Å². The van der Waals surface area contributed by atoms with Crippen molar-refractivity contribution in [3.8, 4) is 0 Å². The predicted molar refractivity (Wildman–Crippen MR) is 80.6 cm³/mol. The van der Waals surface area contributed by atoms with Crippen molar-refractivity contribution < 1.29 is 16.8 Å². The number of anilines is 1. The Kier molecular flexibility index (Phi) is 4.43. The van der Waals surface area contributed by atoms with Gasteiger partial charge in [-0.05, 0) is 47.0 Å². The third kappa shape index (κ3) is 3.72. The van der Waals surface area contributed by atoms with Crippen LogP contribution in [0.2, 0.25) is 0 Å². The van der Waals surface area contributed by atoms with E-state index in [4.69, 9.17) is 5.73 Å². The number of hydrogen-bond donors (Lipinski definition) is 2. The van der Waals surface area contributed by atoms with Gasteiger partial charge in [0.25, 0.3) is 0 Å². The minimum Gasteiger partial charge on any atom is -0.399 e. The Morgan fingerprint density at radius 3 is 2.40 bits per heavy atom. The van der Waals surface area contributed by atoms with Crippen molar-refractivity contribution in [1.29, 1.82) is 0 Å². The second-order valence-electron chi connectivity index (χ2n) is 4.74. The summed E-state index contributed by atoms with van der Waals surface area (Å²) in [4.78, 5) is 0.0973. The Morgan fingerprint density at radius 2 is 1.85 bits per heavy atom. The number of hydrogen-bond acceptors (Lipinski definition) is 5. The number of sulfone groups is 1. The van der Waals surface area contributed by atoms with E-state index in [0.717, 1.165) is 0 Å². The molecular formula is C11H15BrN2O4S2. The van der Waals surface area contributed by atoms with Crippen molar-refractivity contribution >= 4 is 41.5 Å². The molecule has 0 saturated carbocycles. The molecule has 1 aliphatic rings. The van der Waals surface area contributed by atoms with Gasteiger partial charge in [-0.1, -0.05) is 0 Å². The number of benzene rings is 1. The van der Waals surface area contributed by atoms with E-state index in [-0.39, 0.29) is 22.4 Å². The molecular weight excluding hydrogens is 368 g/mol. The maximum atomic E-state index is 12.3. The molecule has 0 bridgehead atoms. The Morgan fingerprint density at radius 1 is 1.25 bits per heavy atom. The largest absolute Gasteiger partial charge is 0.399 e. The topological polar surface area (TPSA) is 106 Å². The Hall–Kier alpha value is -0.640. The summed E-state index contributed by atoms with van der Waals surface area (Å²) in [6, 6.07) is 4.08. The average Bonchev–Trinajstić information content (AvgIpc) is 2.31. The lowest BCUT2D eigenvalue weighted by molar-refractivity contribution is 0.505. The van der Waals surface area contributed by atoms with Gasteiger partial charge < -0.3 is 5.73 Å². The molecule has 1 heterocycles. The highest BCUT2D eigenvalue weighted by Gasteiger charge is 2.28. The van der Waals surface area contributed by atoms with E-state index >= 15 is 0 Å². The smallest absolute Gasteiger partial charge is 0.241 e. The van der Waals surface area contributed by atoms with Crippen LogP contribution < -0.4 is 10.5 Å². The van der Waals surface area contributed by atoms with Crippen molar-refractivity contribution in [3.63, 3.8) is 0 Å². The highest BCUT2D eigenvalue weighted by molar-refractivity contribution is 9.10. The molecule has 1 fully saturated rings. The quantitative estimate of drug-likeness (QED) is 0.754. The van der Waals surface area contributed by atoms with Crippen LogP contribution in [0.15, 0.2) is 27.6 Å². The Bertz CT molecular complexity index is 702. The molecule has 1 aliphatic heterocycles. The average molecular weight is 383 g/mol. The molecule has 1 saturated heterocycles. The molecule has 0 aliphatic carbocycles. The minimum absolute atomic E-state index is 0.0170. The van der Waals surface area contributed by atoms with E-state index in [1.807, 2.05) is 0 Å². The molecule has 2 rings (SSSR count). The SMILES string of the molecule is Nc1ccc(S(=O)(=O)NC2CCS(=O)(=O)CC2)c(Br)c1. The first-order chi connectivity index (χ1) is 9.20. The lowest BCUT2D eigenvalue weighted by Gasteiger charge is -2.23. The van der Waals surface area contributed by atoms with Crippen molar-refractivity contribution in [3.05, 3.63) is 22.7 Å². The van der Waals surface area contributed by atoms with Crippen molar-refractivity contribution in [1.82, 2.24) is 4.72 Å². The summed E-state index contributed by atoms with van der Waals surface area (Å²) in [7, 11) is -6.70. The molecule has 9 heteroatoms. The van der Waals surface area contributed by atoms with Crippen LogP contribution in [0.1, 0.15) is 12.8 Å². The first-order valence-electron chi connectivity index (χ1n) is 5.97. The van der Waals surface area contributed by atoms with Crippen LogP contribution in [0.5, 0.6) is 0 Å². The van der Waals surface area contributed by atoms with Gasteiger partial charge in [-0.15, -0.1) is 0 Å². The standard InChI is InChI=1S/C11H15BrN2O4S2/c12-10-7-8(13)1-2-11(10)20(17,18)14-9-3-5-19(15,16)6-4-9/h1-2,7,9,14H,3-6,13H2. The van der Waals surface area contributed by atoms with Gasteiger partial charge in [0.05, 0.1) is 16.4 Å².